The second-order valence-electron chi connectivity index (χ2n) is 21.8. The molecule has 10 nitrogen and oxygen atoms in total. The van der Waals surface area contributed by atoms with E-state index in [2.05, 4.69) is 24.3 Å². The molecule has 2 aromatic heterocycles. The number of aryl methyl sites for hydroxylation is 3. The van der Waals surface area contributed by atoms with Crippen LogP contribution in [0, 0.1) is 55.1 Å². The number of nitriles is 2. The van der Waals surface area contributed by atoms with Crippen molar-refractivity contribution in [1.29, 1.82) is 10.5 Å². The van der Waals surface area contributed by atoms with Gasteiger partial charge in [0, 0.05) is 39.9 Å². The number of halogens is 2. The molecule has 0 amide bonds. The minimum Gasteiger partial charge on any atom is -0.466 e. The zero-order chi connectivity index (χ0) is 51.5. The van der Waals surface area contributed by atoms with Crippen molar-refractivity contribution in [3.05, 3.63) is 154 Å². The van der Waals surface area contributed by atoms with Crippen LogP contribution in [0.2, 0.25) is 0 Å². The fourth-order valence-corrected chi connectivity index (χ4v) is 12.7. The molecule has 0 radical (unpaired) electrons. The molecule has 8 heterocycles. The van der Waals surface area contributed by atoms with Gasteiger partial charge in [-0.1, -0.05) is 32.9 Å². The Morgan fingerprint density at radius 1 is 0.461 bits per heavy atom. The molecule has 0 saturated carbocycles. The molecule has 16 rings (SSSR count). The minimum atomic E-state index is -0.726. The summed E-state index contributed by atoms with van der Waals surface area (Å²) in [5, 5.41) is 21.2. The predicted octanol–water partition coefficient (Wildman–Crippen LogP) is 9.28. The molecule has 0 unspecified atom stereocenters. The van der Waals surface area contributed by atoms with Gasteiger partial charge in [-0.05, 0) is 155 Å². The van der Waals surface area contributed by atoms with Crippen molar-refractivity contribution in [3.8, 4) is 69.6 Å². The second kappa shape index (κ2) is 14.5. The third-order valence-electron chi connectivity index (χ3n) is 16.0. The van der Waals surface area contributed by atoms with Crippen LogP contribution in [0.5, 0.6) is 57.5 Å². The molecule has 0 bridgehead atoms. The highest BCUT2D eigenvalue weighted by Gasteiger charge is 2.51. The lowest BCUT2D eigenvalue weighted by atomic mass is 9.31. The van der Waals surface area contributed by atoms with E-state index in [9.17, 15) is 10.5 Å². The molecule has 360 valence electrons. The van der Waals surface area contributed by atoms with E-state index < -0.39 is 37.2 Å². The fraction of sp³-hybridized carbons (Fsp3) is 0.115. The summed E-state index contributed by atoms with van der Waals surface area (Å²) in [7, 11) is 0. The Kier molecular flexibility index (Phi) is 8.22. The third-order valence-corrected chi connectivity index (χ3v) is 16.0. The van der Waals surface area contributed by atoms with Gasteiger partial charge in [-0.2, -0.15) is 10.5 Å². The molecule has 0 aliphatic carbocycles. The molecule has 6 aliphatic rings. The van der Waals surface area contributed by atoms with Crippen molar-refractivity contribution in [3.63, 3.8) is 0 Å². The van der Waals surface area contributed by atoms with Crippen LogP contribution in [0.3, 0.4) is 0 Å². The van der Waals surface area contributed by atoms with Gasteiger partial charge in [-0.15, -0.1) is 0 Å². The maximum atomic E-state index is 17.3. The molecule has 0 saturated heterocycles. The van der Waals surface area contributed by atoms with Crippen LogP contribution >= 0.6 is 0 Å². The predicted molar refractivity (Wildman–Crippen MR) is 289 cm³/mol. The van der Waals surface area contributed by atoms with E-state index in [1.54, 1.807) is 41.3 Å². The zero-order valence-electron chi connectivity index (χ0n) is 41.6. The Morgan fingerprint density at radius 3 is 1.43 bits per heavy atom. The fourth-order valence-electron chi connectivity index (χ4n) is 12.7. The number of hydrogen-bond donors (Lipinski definition) is 0. The molecule has 10 aromatic rings. The Morgan fingerprint density at radius 2 is 0.908 bits per heavy atom. The molecule has 0 spiro atoms. The first-order valence-electron chi connectivity index (χ1n) is 25.1. The van der Waals surface area contributed by atoms with Crippen molar-refractivity contribution in [2.75, 3.05) is 4.90 Å². The summed E-state index contributed by atoms with van der Waals surface area (Å²) >= 11 is 0. The lowest BCUT2D eigenvalue weighted by Crippen LogP contribution is -2.63. The molecule has 15 heteroatoms. The van der Waals surface area contributed by atoms with Crippen LogP contribution in [0.15, 0.2) is 118 Å². The first-order chi connectivity index (χ1) is 36.7. The van der Waals surface area contributed by atoms with Gasteiger partial charge in [0.1, 0.15) is 74.2 Å². The first kappa shape index (κ1) is 43.1. The van der Waals surface area contributed by atoms with Gasteiger partial charge >= 0.3 is 13.4 Å². The van der Waals surface area contributed by atoms with Gasteiger partial charge in [0.05, 0.1) is 34.0 Å². The van der Waals surface area contributed by atoms with E-state index in [1.807, 2.05) is 90.1 Å². The molecule has 0 fully saturated rings. The summed E-state index contributed by atoms with van der Waals surface area (Å²) in [6.45, 7) is 10.1. The normalized spacial score (nSPS) is 14.2. The lowest BCUT2D eigenvalue weighted by Gasteiger charge is -2.41. The van der Waals surface area contributed by atoms with E-state index in [0.29, 0.717) is 130 Å². The van der Waals surface area contributed by atoms with Gasteiger partial charge in [0.25, 0.3) is 6.71 Å². The molecule has 76 heavy (non-hydrogen) atoms. The quantitative estimate of drug-likeness (QED) is 0.147. The Bertz CT molecular complexity index is 4500. The Balaban J connectivity index is 0.963. The van der Waals surface area contributed by atoms with E-state index in [4.69, 9.17) is 32.5 Å². The first-order valence-corrected chi connectivity index (χ1v) is 25.1. The van der Waals surface area contributed by atoms with Crippen LogP contribution in [-0.2, 0) is 5.41 Å². The number of ether oxygens (including phenoxy) is 5. The molecule has 0 N–H and O–H groups in total. The summed E-state index contributed by atoms with van der Waals surface area (Å²) in [4.78, 5) is 1.67. The van der Waals surface area contributed by atoms with E-state index >= 15 is 8.78 Å². The average Bonchev–Trinajstić information content (AvgIpc) is 4.01. The largest absolute Gasteiger partial charge is 0.466 e. The van der Waals surface area contributed by atoms with E-state index in [1.165, 1.54) is 12.1 Å². The Labute approximate surface area is 434 Å². The maximum absolute atomic E-state index is 17.3. The highest BCUT2D eigenvalue weighted by molar-refractivity contribution is 7.02. The molecular weight excluding hydrogens is 957 g/mol. The number of benzene rings is 8. The number of rotatable bonds is 1. The van der Waals surface area contributed by atoms with Crippen LogP contribution in [0.25, 0.3) is 21.9 Å². The van der Waals surface area contributed by atoms with Crippen LogP contribution in [0.1, 0.15) is 54.2 Å². The van der Waals surface area contributed by atoms with Gasteiger partial charge in [0.2, 0.25) is 0 Å². The van der Waals surface area contributed by atoms with Crippen molar-refractivity contribution in [1.82, 2.24) is 0 Å². The zero-order valence-corrected chi connectivity index (χ0v) is 41.6. The van der Waals surface area contributed by atoms with Gasteiger partial charge in [-0.3, -0.25) is 0 Å². The van der Waals surface area contributed by atoms with Gasteiger partial charge in [0.15, 0.2) is 23.1 Å². The maximum Gasteiger partial charge on any atom is 0.305 e. The van der Waals surface area contributed by atoms with Crippen LogP contribution in [-0.4, -0.2) is 20.1 Å². The number of furan rings is 2. The summed E-state index contributed by atoms with van der Waals surface area (Å²) < 4.78 is 82.4. The Hall–Kier alpha value is -9.33. The second-order valence-corrected chi connectivity index (χ2v) is 21.8. The van der Waals surface area contributed by atoms with E-state index in [-0.39, 0.29) is 5.69 Å². The summed E-state index contributed by atoms with van der Waals surface area (Å²) in [6.07, 6.45) is 0. The van der Waals surface area contributed by atoms with Gasteiger partial charge < -0.3 is 37.4 Å². The average molecular weight is 993 g/mol. The van der Waals surface area contributed by atoms with Crippen molar-refractivity contribution in [2.24, 2.45) is 0 Å². The number of anilines is 3. The summed E-state index contributed by atoms with van der Waals surface area (Å²) in [5.74, 6) is 4.19. The highest BCUT2D eigenvalue weighted by Crippen LogP contribution is 2.48. The van der Waals surface area contributed by atoms with Crippen LogP contribution in [0.4, 0.5) is 25.8 Å². The topological polar surface area (TPSA) is 123 Å². The van der Waals surface area contributed by atoms with Crippen LogP contribution < -0.4 is 78.1 Å². The standard InChI is InChI=1S/C61H36B3F2N3O7/c1-27-11-42-53-48(12-27)73-57-33-17-30(25-67)7-9-43(33)75-59(57)63(53)35-21-36-45(23-41(35)69(42)56-39(65)19-32(20-40(56)66)61(4,5)6)70-49-13-28(2)14-50-54(49)62(36)37-22-38-47(24-46(37)71-50)72-51-15-29(3)16-52-55(51)64(38)60-58(74-52)34-18-31(26-68)8-10-44(34)76-60/h7-24H,1-6H3. The number of hydrogen-bond acceptors (Lipinski definition) is 10. The molecule has 6 aliphatic heterocycles. The minimum absolute atomic E-state index is 0.244. The smallest absolute Gasteiger partial charge is 0.305 e. The molecule has 0 atom stereocenters. The van der Waals surface area contributed by atoms with Gasteiger partial charge in [-0.25, -0.2) is 8.78 Å². The lowest BCUT2D eigenvalue weighted by molar-refractivity contribution is 0.449. The number of nitrogens with zero attached hydrogens (tertiary/aromatic N) is 3. The summed E-state index contributed by atoms with van der Waals surface area (Å²) in [5.41, 5.74) is 12.0. The summed E-state index contributed by atoms with van der Waals surface area (Å²) in [6, 6.07) is 37.9. The van der Waals surface area contributed by atoms with E-state index in [0.717, 1.165) is 44.0 Å². The monoisotopic (exact) mass is 993 g/mol. The SMILES string of the molecule is Cc1cc2c3c(c1)Oc1cc4c(cc1B3c1cc3c(cc1O2)Oc1cc(C)cc2c1B3c1oc3ccc(C#N)cc3c1O2)B1c2oc3ccc(C#N)cc3c2Oc2cc(C)cc(c21)N4c1c(F)cc(C(C)(C)C)cc1F. The van der Waals surface area contributed by atoms with Crippen molar-refractivity contribution in [2.45, 2.75) is 47.0 Å². The highest BCUT2D eigenvalue weighted by atomic mass is 19.1. The van der Waals surface area contributed by atoms with Crippen molar-refractivity contribution >= 4 is 109 Å². The number of fused-ring (bicyclic) bond motifs is 16. The third kappa shape index (κ3) is 5.69. The molecular formula is C61H36B3F2N3O7. The molecule has 8 aromatic carbocycles. The van der Waals surface area contributed by atoms with Crippen molar-refractivity contribution < 1.29 is 41.3 Å².